The SMILES string of the molecule is COc1cccc(Oc2nccc(C)c2N)c1. The van der Waals surface area contributed by atoms with Crippen LogP contribution in [0, 0.1) is 6.92 Å². The number of aryl methyl sites for hydroxylation is 1. The lowest BCUT2D eigenvalue weighted by Gasteiger charge is -2.09. The van der Waals surface area contributed by atoms with E-state index in [-0.39, 0.29) is 0 Å². The summed E-state index contributed by atoms with van der Waals surface area (Å²) in [6, 6.07) is 9.14. The maximum Gasteiger partial charge on any atom is 0.242 e. The summed E-state index contributed by atoms with van der Waals surface area (Å²) in [7, 11) is 1.61. The van der Waals surface area contributed by atoms with E-state index in [4.69, 9.17) is 15.2 Å². The fourth-order valence-corrected chi connectivity index (χ4v) is 1.40. The molecule has 1 heterocycles. The van der Waals surface area contributed by atoms with Crippen LogP contribution in [-0.2, 0) is 0 Å². The van der Waals surface area contributed by atoms with Gasteiger partial charge < -0.3 is 15.2 Å². The van der Waals surface area contributed by atoms with Gasteiger partial charge in [-0.1, -0.05) is 6.07 Å². The summed E-state index contributed by atoms with van der Waals surface area (Å²) < 4.78 is 10.7. The largest absolute Gasteiger partial charge is 0.497 e. The minimum absolute atomic E-state index is 0.415. The number of rotatable bonds is 3. The van der Waals surface area contributed by atoms with Gasteiger partial charge >= 0.3 is 0 Å². The molecule has 0 fully saturated rings. The van der Waals surface area contributed by atoms with E-state index in [1.807, 2.05) is 31.2 Å². The van der Waals surface area contributed by atoms with Gasteiger partial charge in [-0.15, -0.1) is 0 Å². The highest BCUT2D eigenvalue weighted by molar-refractivity contribution is 5.55. The summed E-state index contributed by atoms with van der Waals surface area (Å²) in [5.74, 6) is 1.79. The number of ether oxygens (including phenoxy) is 2. The van der Waals surface area contributed by atoms with Crippen molar-refractivity contribution in [3.8, 4) is 17.4 Å². The molecule has 4 nitrogen and oxygen atoms in total. The number of aromatic nitrogens is 1. The normalized spacial score (nSPS) is 10.0. The van der Waals surface area contributed by atoms with Crippen molar-refractivity contribution in [3.05, 3.63) is 42.1 Å². The van der Waals surface area contributed by atoms with Crippen LogP contribution in [0.2, 0.25) is 0 Å². The number of pyridine rings is 1. The van der Waals surface area contributed by atoms with E-state index < -0.39 is 0 Å². The average Bonchev–Trinajstić information content (AvgIpc) is 2.35. The van der Waals surface area contributed by atoms with E-state index in [0.29, 0.717) is 17.3 Å². The summed E-state index contributed by atoms with van der Waals surface area (Å²) >= 11 is 0. The van der Waals surface area contributed by atoms with E-state index in [1.165, 1.54) is 0 Å². The van der Waals surface area contributed by atoms with Gasteiger partial charge in [0.05, 0.1) is 12.8 Å². The maximum atomic E-state index is 5.88. The van der Waals surface area contributed by atoms with Crippen LogP contribution < -0.4 is 15.2 Å². The number of benzene rings is 1. The Morgan fingerprint density at radius 1 is 1.18 bits per heavy atom. The molecule has 0 aliphatic heterocycles. The van der Waals surface area contributed by atoms with Gasteiger partial charge in [-0.05, 0) is 30.7 Å². The van der Waals surface area contributed by atoms with Crippen LogP contribution in [0.1, 0.15) is 5.56 Å². The van der Waals surface area contributed by atoms with Crippen LogP contribution in [0.4, 0.5) is 5.69 Å². The number of anilines is 1. The zero-order chi connectivity index (χ0) is 12.3. The Hall–Kier alpha value is -2.23. The number of nitrogen functional groups attached to an aromatic ring is 1. The fraction of sp³-hybridized carbons (Fsp3) is 0.154. The van der Waals surface area contributed by atoms with Crippen molar-refractivity contribution in [2.75, 3.05) is 12.8 Å². The second-order valence-electron chi connectivity index (χ2n) is 3.63. The molecule has 0 amide bonds. The van der Waals surface area contributed by atoms with E-state index in [9.17, 15) is 0 Å². The first-order valence-electron chi connectivity index (χ1n) is 5.23. The van der Waals surface area contributed by atoms with Crippen molar-refractivity contribution in [2.24, 2.45) is 0 Å². The standard InChI is InChI=1S/C13H14N2O2/c1-9-6-7-15-13(12(9)14)17-11-5-3-4-10(8-11)16-2/h3-8H,14H2,1-2H3. The second kappa shape index (κ2) is 4.74. The third kappa shape index (κ3) is 2.47. The number of nitrogens with two attached hydrogens (primary N) is 1. The Labute approximate surface area is 100 Å². The van der Waals surface area contributed by atoms with Crippen molar-refractivity contribution in [3.63, 3.8) is 0 Å². The van der Waals surface area contributed by atoms with E-state index >= 15 is 0 Å². The summed E-state index contributed by atoms with van der Waals surface area (Å²) in [6.07, 6.45) is 1.67. The Bertz CT molecular complexity index is 527. The first-order valence-corrected chi connectivity index (χ1v) is 5.23. The van der Waals surface area contributed by atoms with Crippen LogP contribution in [0.5, 0.6) is 17.4 Å². The van der Waals surface area contributed by atoms with Crippen LogP contribution >= 0.6 is 0 Å². The molecule has 0 radical (unpaired) electrons. The smallest absolute Gasteiger partial charge is 0.242 e. The Morgan fingerprint density at radius 3 is 2.71 bits per heavy atom. The van der Waals surface area contributed by atoms with Gasteiger partial charge in [0.1, 0.15) is 11.5 Å². The number of hydrogen-bond acceptors (Lipinski definition) is 4. The molecule has 0 spiro atoms. The molecule has 0 saturated carbocycles. The highest BCUT2D eigenvalue weighted by Gasteiger charge is 2.06. The zero-order valence-corrected chi connectivity index (χ0v) is 9.81. The molecule has 0 bridgehead atoms. The van der Waals surface area contributed by atoms with Crippen LogP contribution in [0.3, 0.4) is 0 Å². The lowest BCUT2D eigenvalue weighted by atomic mass is 10.2. The fourth-order valence-electron chi connectivity index (χ4n) is 1.40. The van der Waals surface area contributed by atoms with Gasteiger partial charge in [-0.3, -0.25) is 0 Å². The lowest BCUT2D eigenvalue weighted by molar-refractivity contribution is 0.407. The molecule has 2 rings (SSSR count). The molecular formula is C13H14N2O2. The minimum atomic E-state index is 0.415. The molecule has 0 atom stereocenters. The van der Waals surface area contributed by atoms with Crippen LogP contribution in [-0.4, -0.2) is 12.1 Å². The first-order chi connectivity index (χ1) is 8.20. The monoisotopic (exact) mass is 230 g/mol. The Kier molecular flexibility index (Phi) is 3.14. The lowest BCUT2D eigenvalue weighted by Crippen LogP contribution is -1.97. The molecule has 0 unspecified atom stereocenters. The molecule has 0 aliphatic rings. The van der Waals surface area contributed by atoms with E-state index in [1.54, 1.807) is 19.4 Å². The third-order valence-corrected chi connectivity index (χ3v) is 2.43. The molecule has 0 aliphatic carbocycles. The summed E-state index contributed by atoms with van der Waals surface area (Å²) in [5.41, 5.74) is 7.38. The molecule has 4 heteroatoms. The molecule has 0 saturated heterocycles. The minimum Gasteiger partial charge on any atom is -0.497 e. The van der Waals surface area contributed by atoms with E-state index in [0.717, 1.165) is 11.3 Å². The molecule has 1 aromatic heterocycles. The molecule has 2 N–H and O–H groups in total. The van der Waals surface area contributed by atoms with E-state index in [2.05, 4.69) is 4.98 Å². The number of methoxy groups -OCH3 is 1. The number of hydrogen-bond donors (Lipinski definition) is 1. The van der Waals surface area contributed by atoms with Gasteiger partial charge in [0.15, 0.2) is 0 Å². The van der Waals surface area contributed by atoms with Gasteiger partial charge in [0.25, 0.3) is 0 Å². The topological polar surface area (TPSA) is 57.4 Å². The Balaban J connectivity index is 2.28. The predicted octanol–water partition coefficient (Wildman–Crippen LogP) is 2.77. The van der Waals surface area contributed by atoms with Crippen molar-refractivity contribution >= 4 is 5.69 Å². The second-order valence-corrected chi connectivity index (χ2v) is 3.63. The summed E-state index contributed by atoms with van der Waals surface area (Å²) in [6.45, 7) is 1.91. The first kappa shape index (κ1) is 11.3. The highest BCUT2D eigenvalue weighted by Crippen LogP contribution is 2.28. The Morgan fingerprint density at radius 2 is 1.94 bits per heavy atom. The van der Waals surface area contributed by atoms with Gasteiger partial charge in [-0.2, -0.15) is 0 Å². The van der Waals surface area contributed by atoms with Crippen LogP contribution in [0.15, 0.2) is 36.5 Å². The third-order valence-electron chi connectivity index (χ3n) is 2.43. The molecular weight excluding hydrogens is 216 g/mol. The highest BCUT2D eigenvalue weighted by atomic mass is 16.5. The molecule has 17 heavy (non-hydrogen) atoms. The maximum absolute atomic E-state index is 5.88. The zero-order valence-electron chi connectivity index (χ0n) is 9.81. The van der Waals surface area contributed by atoms with Gasteiger partial charge in [0.2, 0.25) is 5.88 Å². The molecule has 1 aromatic carbocycles. The molecule has 2 aromatic rings. The predicted molar refractivity (Wildman–Crippen MR) is 66.5 cm³/mol. The average molecular weight is 230 g/mol. The quantitative estimate of drug-likeness (QED) is 0.880. The van der Waals surface area contributed by atoms with Gasteiger partial charge in [-0.25, -0.2) is 4.98 Å². The number of nitrogens with zero attached hydrogens (tertiary/aromatic N) is 1. The van der Waals surface area contributed by atoms with Crippen molar-refractivity contribution in [1.82, 2.24) is 4.98 Å². The van der Waals surface area contributed by atoms with Gasteiger partial charge in [0, 0.05) is 12.3 Å². The van der Waals surface area contributed by atoms with Crippen molar-refractivity contribution < 1.29 is 9.47 Å². The summed E-state index contributed by atoms with van der Waals surface area (Å²) in [4.78, 5) is 4.10. The van der Waals surface area contributed by atoms with Crippen LogP contribution in [0.25, 0.3) is 0 Å². The molecule has 88 valence electrons. The van der Waals surface area contributed by atoms with Crippen molar-refractivity contribution in [1.29, 1.82) is 0 Å². The van der Waals surface area contributed by atoms with Crippen molar-refractivity contribution in [2.45, 2.75) is 6.92 Å². The summed E-state index contributed by atoms with van der Waals surface area (Å²) in [5, 5.41) is 0.